The van der Waals surface area contributed by atoms with Crippen LogP contribution in [0.5, 0.6) is 11.5 Å². The van der Waals surface area contributed by atoms with E-state index in [4.69, 9.17) is 18.7 Å². The Hall–Kier alpha value is -2.09. The van der Waals surface area contributed by atoms with E-state index in [2.05, 4.69) is 10.5 Å². The monoisotopic (exact) mass is 346 g/mol. The van der Waals surface area contributed by atoms with Crippen LogP contribution in [0.25, 0.3) is 0 Å². The molecule has 4 rings (SSSR count). The van der Waals surface area contributed by atoms with Gasteiger partial charge in [-0.2, -0.15) is 0 Å². The fraction of sp³-hybridized carbons (Fsp3) is 0.500. The molecule has 1 aromatic heterocycles. The highest BCUT2D eigenvalue weighted by molar-refractivity contribution is 5.48. The lowest BCUT2D eigenvalue weighted by atomic mass is 9.90. The minimum absolute atomic E-state index is 0.198. The van der Waals surface area contributed by atoms with Crippen LogP contribution >= 0.6 is 0 Å². The van der Waals surface area contributed by atoms with E-state index < -0.39 is 5.60 Å². The molecule has 1 aromatic carbocycles. The quantitative estimate of drug-likeness (QED) is 0.824. The van der Waals surface area contributed by atoms with E-state index in [0.29, 0.717) is 31.9 Å². The Kier molecular flexibility index (Phi) is 3.94. The first kappa shape index (κ1) is 16.4. The van der Waals surface area contributed by atoms with Crippen molar-refractivity contribution >= 4 is 0 Å². The van der Waals surface area contributed by atoms with Crippen molar-refractivity contribution in [2.45, 2.75) is 38.0 Å². The molecule has 0 bridgehead atoms. The second-order valence-corrected chi connectivity index (χ2v) is 7.20. The van der Waals surface area contributed by atoms with Crippen LogP contribution < -0.4 is 14.8 Å². The second-order valence-electron chi connectivity index (χ2n) is 7.20. The van der Waals surface area contributed by atoms with Crippen molar-refractivity contribution in [2.75, 3.05) is 20.0 Å². The summed E-state index contributed by atoms with van der Waals surface area (Å²) in [4.78, 5) is 0. The van der Waals surface area contributed by atoms with Crippen LogP contribution in [0.15, 0.2) is 28.8 Å². The van der Waals surface area contributed by atoms with E-state index in [1.165, 1.54) is 0 Å². The van der Waals surface area contributed by atoms with Crippen molar-refractivity contribution in [3.63, 3.8) is 0 Å². The zero-order valence-electron chi connectivity index (χ0n) is 14.4. The number of hydrogen-bond acceptors (Lipinski definition) is 7. The molecule has 2 aromatic rings. The first-order chi connectivity index (χ1) is 12.0. The maximum Gasteiger partial charge on any atom is 0.231 e. The summed E-state index contributed by atoms with van der Waals surface area (Å²) >= 11 is 0. The highest BCUT2D eigenvalue weighted by Crippen LogP contribution is 2.36. The normalized spacial score (nSPS) is 18.2. The smallest absolute Gasteiger partial charge is 0.231 e. The Morgan fingerprint density at radius 2 is 2.12 bits per heavy atom. The first-order valence-electron chi connectivity index (χ1n) is 8.34. The molecule has 2 N–H and O–H groups in total. The van der Waals surface area contributed by atoms with Gasteiger partial charge in [-0.05, 0) is 19.9 Å². The van der Waals surface area contributed by atoms with Crippen molar-refractivity contribution in [3.05, 3.63) is 41.3 Å². The van der Waals surface area contributed by atoms with Gasteiger partial charge in [0.2, 0.25) is 6.79 Å². The van der Waals surface area contributed by atoms with E-state index in [9.17, 15) is 5.11 Å². The van der Waals surface area contributed by atoms with Crippen molar-refractivity contribution in [1.29, 1.82) is 0 Å². The van der Waals surface area contributed by atoms with Crippen LogP contribution in [0.4, 0.5) is 0 Å². The number of benzene rings is 1. The van der Waals surface area contributed by atoms with Gasteiger partial charge in [-0.15, -0.1) is 0 Å². The molecule has 7 nitrogen and oxygen atoms in total. The predicted molar refractivity (Wildman–Crippen MR) is 88.4 cm³/mol. The Balaban J connectivity index is 1.45. The number of aliphatic hydroxyl groups is 1. The van der Waals surface area contributed by atoms with Crippen LogP contribution in [0, 0.1) is 0 Å². The van der Waals surface area contributed by atoms with Gasteiger partial charge in [-0.3, -0.25) is 0 Å². The van der Waals surface area contributed by atoms with Crippen molar-refractivity contribution in [1.82, 2.24) is 10.5 Å². The predicted octanol–water partition coefficient (Wildman–Crippen LogP) is 1.73. The molecule has 0 saturated carbocycles. The molecule has 0 radical (unpaired) electrons. The molecule has 2 aliphatic rings. The minimum Gasteiger partial charge on any atom is -0.454 e. The molecule has 134 valence electrons. The van der Waals surface area contributed by atoms with Crippen molar-refractivity contribution in [3.8, 4) is 11.5 Å². The number of nitrogens with zero attached hydrogens (tertiary/aromatic N) is 1. The van der Waals surface area contributed by atoms with Crippen molar-refractivity contribution in [2.24, 2.45) is 0 Å². The molecule has 25 heavy (non-hydrogen) atoms. The van der Waals surface area contributed by atoms with Crippen molar-refractivity contribution < 1.29 is 23.8 Å². The third-order valence-corrected chi connectivity index (χ3v) is 4.57. The van der Waals surface area contributed by atoms with E-state index in [1.54, 1.807) is 19.9 Å². The summed E-state index contributed by atoms with van der Waals surface area (Å²) in [6.45, 7) is 5.46. The van der Waals surface area contributed by atoms with Gasteiger partial charge in [0, 0.05) is 24.6 Å². The lowest BCUT2D eigenvalue weighted by Crippen LogP contribution is -2.61. The highest BCUT2D eigenvalue weighted by atomic mass is 16.7. The van der Waals surface area contributed by atoms with E-state index in [0.717, 1.165) is 22.8 Å². The average molecular weight is 346 g/mol. The molecule has 1 fully saturated rings. The Bertz CT molecular complexity index is 761. The molecule has 0 aliphatic carbocycles. The molecule has 0 amide bonds. The van der Waals surface area contributed by atoms with Gasteiger partial charge in [0.15, 0.2) is 17.3 Å². The lowest BCUT2D eigenvalue weighted by Gasteiger charge is -2.42. The maximum atomic E-state index is 10.0. The van der Waals surface area contributed by atoms with Gasteiger partial charge in [0.05, 0.1) is 24.4 Å². The topological polar surface area (TPSA) is 86.0 Å². The van der Waals surface area contributed by atoms with E-state index in [-0.39, 0.29) is 12.3 Å². The third-order valence-electron chi connectivity index (χ3n) is 4.57. The summed E-state index contributed by atoms with van der Waals surface area (Å²) < 4.78 is 21.7. The summed E-state index contributed by atoms with van der Waals surface area (Å²) in [5.74, 6) is 2.05. The molecule has 0 spiro atoms. The van der Waals surface area contributed by atoms with Gasteiger partial charge in [0.1, 0.15) is 5.60 Å². The number of hydrogen-bond donors (Lipinski definition) is 2. The first-order valence-corrected chi connectivity index (χ1v) is 8.34. The average Bonchev–Trinajstić information content (AvgIpc) is 3.18. The Morgan fingerprint density at radius 1 is 1.28 bits per heavy atom. The summed E-state index contributed by atoms with van der Waals surface area (Å²) in [7, 11) is 0. The molecule has 7 heteroatoms. The zero-order valence-corrected chi connectivity index (χ0v) is 14.4. The van der Waals surface area contributed by atoms with E-state index in [1.807, 2.05) is 18.2 Å². The van der Waals surface area contributed by atoms with Crippen LogP contribution in [0.3, 0.4) is 0 Å². The number of para-hydroxylation sites is 1. The largest absolute Gasteiger partial charge is 0.454 e. The lowest BCUT2D eigenvalue weighted by molar-refractivity contribution is -0.0756. The van der Waals surface area contributed by atoms with Crippen LogP contribution in [-0.2, 0) is 23.3 Å². The Morgan fingerprint density at radius 3 is 2.80 bits per heavy atom. The number of nitrogens with one attached hydrogen (secondary N) is 1. The van der Waals surface area contributed by atoms with Gasteiger partial charge < -0.3 is 29.2 Å². The minimum atomic E-state index is -1.04. The highest BCUT2D eigenvalue weighted by Gasteiger charge is 2.40. The molecular formula is C18H22N2O5. The summed E-state index contributed by atoms with van der Waals surface area (Å²) in [6.07, 6.45) is 0.666. The SMILES string of the molecule is CC(C)(O)c1cc(CC2(NCc3cccc4c3OCO4)COC2)no1. The van der Waals surface area contributed by atoms with Gasteiger partial charge in [0.25, 0.3) is 0 Å². The summed E-state index contributed by atoms with van der Waals surface area (Å²) in [5.41, 5.74) is 0.615. The number of ether oxygens (including phenoxy) is 3. The van der Waals surface area contributed by atoms with Crippen LogP contribution in [0.1, 0.15) is 30.9 Å². The van der Waals surface area contributed by atoms with E-state index >= 15 is 0 Å². The molecular weight excluding hydrogens is 324 g/mol. The molecule has 1 saturated heterocycles. The fourth-order valence-electron chi connectivity index (χ4n) is 3.06. The number of fused-ring (bicyclic) bond motifs is 1. The molecule has 3 heterocycles. The van der Waals surface area contributed by atoms with Gasteiger partial charge >= 0.3 is 0 Å². The molecule has 2 aliphatic heterocycles. The Labute approximate surface area is 145 Å². The fourth-order valence-corrected chi connectivity index (χ4v) is 3.06. The molecule has 0 unspecified atom stereocenters. The van der Waals surface area contributed by atoms with Gasteiger partial charge in [-0.25, -0.2) is 0 Å². The summed E-state index contributed by atoms with van der Waals surface area (Å²) in [6, 6.07) is 7.69. The van der Waals surface area contributed by atoms with Gasteiger partial charge in [-0.1, -0.05) is 17.3 Å². The third kappa shape index (κ3) is 3.22. The second kappa shape index (κ2) is 6.01. The number of aromatic nitrogens is 1. The standard InChI is InChI=1S/C18H22N2O5/c1-17(2,21)15-6-13(20-25-15)7-18(9-22-10-18)19-8-12-4-3-5-14-16(12)24-11-23-14/h3-6,19,21H,7-11H2,1-2H3. The molecule has 0 atom stereocenters. The van der Waals surface area contributed by atoms with Crippen LogP contribution in [0.2, 0.25) is 0 Å². The van der Waals surface area contributed by atoms with Crippen LogP contribution in [-0.4, -0.2) is 35.8 Å². The zero-order chi connectivity index (χ0) is 17.5. The summed E-state index contributed by atoms with van der Waals surface area (Å²) in [5, 5.41) is 17.7. The maximum absolute atomic E-state index is 10.0. The number of rotatable bonds is 6.